The van der Waals surface area contributed by atoms with Gasteiger partial charge in [-0.2, -0.15) is 0 Å². The third-order valence-electron chi connectivity index (χ3n) is 1.60. The minimum Gasteiger partial charge on any atom is -0.385 e. The van der Waals surface area contributed by atoms with Crippen LogP contribution in [0.2, 0.25) is 0 Å². The van der Waals surface area contributed by atoms with Crippen molar-refractivity contribution in [2.45, 2.75) is 12.5 Å². The Kier molecular flexibility index (Phi) is 3.57. The van der Waals surface area contributed by atoms with Crippen LogP contribution in [-0.4, -0.2) is 17.5 Å². The predicted molar refractivity (Wildman–Crippen MR) is 49.9 cm³/mol. The molecule has 0 bridgehead atoms. The number of aliphatic hydroxyl groups excluding tert-OH is 1. The molecule has 0 aliphatic rings. The maximum absolute atomic E-state index is 12.6. The summed E-state index contributed by atoms with van der Waals surface area (Å²) in [5.41, 5.74) is 0.709. The summed E-state index contributed by atoms with van der Waals surface area (Å²) in [5, 5.41) is 9.02. The summed E-state index contributed by atoms with van der Waals surface area (Å²) in [6, 6.07) is 4.12. The fourth-order valence-electron chi connectivity index (χ4n) is 0.961. The first kappa shape index (κ1) is 10.3. The third-order valence-corrected chi connectivity index (χ3v) is 2.34. The van der Waals surface area contributed by atoms with E-state index in [1.807, 2.05) is 0 Å². The normalized spacial score (nSPS) is 12.5. The van der Waals surface area contributed by atoms with Gasteiger partial charge in [0.05, 0.1) is 0 Å². The van der Waals surface area contributed by atoms with E-state index in [2.05, 4.69) is 15.9 Å². The van der Waals surface area contributed by atoms with Gasteiger partial charge in [0, 0.05) is 10.9 Å². The van der Waals surface area contributed by atoms with Crippen LogP contribution in [0.3, 0.4) is 0 Å². The lowest BCUT2D eigenvalue weighted by atomic mass is 10.1. The molecule has 0 saturated heterocycles. The number of aliphatic hydroxyl groups is 1. The van der Waals surface area contributed by atoms with E-state index in [-0.39, 0.29) is 12.2 Å². The summed E-state index contributed by atoms with van der Waals surface area (Å²) in [7, 11) is 0. The van der Waals surface area contributed by atoms with Gasteiger partial charge in [0.2, 0.25) is 0 Å². The molecule has 0 spiro atoms. The Hall–Kier alpha value is -0.740. The van der Waals surface area contributed by atoms with Crippen molar-refractivity contribution in [1.29, 1.82) is 0 Å². The zero-order valence-electron chi connectivity index (χ0n) is 6.71. The summed E-state index contributed by atoms with van der Waals surface area (Å²) >= 11 is 3.14. The van der Waals surface area contributed by atoms with E-state index in [1.165, 1.54) is 18.2 Å². The van der Waals surface area contributed by atoms with Crippen molar-refractivity contribution < 1.29 is 14.3 Å². The van der Waals surface area contributed by atoms with Crippen LogP contribution in [0.25, 0.3) is 0 Å². The molecule has 0 saturated carbocycles. The predicted octanol–water partition coefficient (Wildman–Crippen LogP) is 1.69. The monoisotopic (exact) mass is 246 g/mol. The number of rotatable bonds is 3. The Morgan fingerprint density at radius 1 is 1.62 bits per heavy atom. The Morgan fingerprint density at radius 2 is 2.31 bits per heavy atom. The number of hydrogen-bond acceptors (Lipinski definition) is 2. The Balaban J connectivity index is 2.83. The lowest BCUT2D eigenvalue weighted by Crippen LogP contribution is -2.11. The van der Waals surface area contributed by atoms with E-state index in [9.17, 15) is 9.18 Å². The van der Waals surface area contributed by atoms with Crippen LogP contribution in [0.15, 0.2) is 22.7 Å². The average molecular weight is 247 g/mol. The lowest BCUT2D eigenvalue weighted by molar-refractivity contribution is -0.114. The first-order valence-corrected chi connectivity index (χ1v) is 4.50. The first-order chi connectivity index (χ1) is 6.13. The van der Waals surface area contributed by atoms with Crippen molar-refractivity contribution in [3.8, 4) is 0 Å². The zero-order valence-corrected chi connectivity index (χ0v) is 8.29. The van der Waals surface area contributed by atoms with Gasteiger partial charge in [0.1, 0.15) is 18.2 Å². The smallest absolute Gasteiger partial charge is 0.148 e. The van der Waals surface area contributed by atoms with E-state index in [1.54, 1.807) is 0 Å². The van der Waals surface area contributed by atoms with Crippen molar-refractivity contribution in [1.82, 2.24) is 0 Å². The molecule has 4 heteroatoms. The van der Waals surface area contributed by atoms with Gasteiger partial charge in [-0.15, -0.1) is 0 Å². The van der Waals surface area contributed by atoms with Gasteiger partial charge in [-0.3, -0.25) is 0 Å². The van der Waals surface area contributed by atoms with E-state index in [4.69, 9.17) is 5.11 Å². The molecule has 70 valence electrons. The minimum atomic E-state index is -1.03. The SMILES string of the molecule is O=CC(O)Cc1ccc(F)cc1Br. The molecule has 1 N–H and O–H groups in total. The summed E-state index contributed by atoms with van der Waals surface area (Å²) in [5.74, 6) is -0.351. The highest BCUT2D eigenvalue weighted by atomic mass is 79.9. The van der Waals surface area contributed by atoms with Crippen LogP contribution in [-0.2, 0) is 11.2 Å². The number of aldehydes is 1. The average Bonchev–Trinajstić information content (AvgIpc) is 2.09. The molecule has 0 aromatic heterocycles. The fourth-order valence-corrected chi connectivity index (χ4v) is 1.47. The van der Waals surface area contributed by atoms with Gasteiger partial charge in [-0.25, -0.2) is 4.39 Å². The van der Waals surface area contributed by atoms with Crippen LogP contribution in [0.5, 0.6) is 0 Å². The molecule has 2 nitrogen and oxygen atoms in total. The molecular weight excluding hydrogens is 239 g/mol. The highest BCUT2D eigenvalue weighted by molar-refractivity contribution is 9.10. The van der Waals surface area contributed by atoms with Gasteiger partial charge in [-0.05, 0) is 17.7 Å². The van der Waals surface area contributed by atoms with E-state index in [0.717, 1.165) is 0 Å². The second-order valence-electron chi connectivity index (χ2n) is 2.64. The van der Waals surface area contributed by atoms with Gasteiger partial charge < -0.3 is 9.90 Å². The van der Waals surface area contributed by atoms with Gasteiger partial charge in [0.15, 0.2) is 0 Å². The number of benzene rings is 1. The van der Waals surface area contributed by atoms with Gasteiger partial charge in [0.25, 0.3) is 0 Å². The number of halogens is 2. The Labute approximate surface area is 83.5 Å². The molecule has 0 amide bonds. The molecule has 1 rings (SSSR count). The molecule has 1 unspecified atom stereocenters. The van der Waals surface area contributed by atoms with Crippen LogP contribution in [0, 0.1) is 5.82 Å². The number of carbonyl (C=O) groups excluding carboxylic acids is 1. The largest absolute Gasteiger partial charge is 0.385 e. The number of hydrogen-bond donors (Lipinski definition) is 1. The Bertz CT molecular complexity index is 314. The first-order valence-electron chi connectivity index (χ1n) is 3.71. The van der Waals surface area contributed by atoms with Crippen molar-refractivity contribution >= 4 is 22.2 Å². The maximum atomic E-state index is 12.6. The molecule has 0 fully saturated rings. The standard InChI is InChI=1S/C9H8BrFO2/c10-9-4-7(11)2-1-6(9)3-8(13)5-12/h1-2,4-5,8,13H,3H2. The molecule has 0 aliphatic heterocycles. The molecule has 1 atom stereocenters. The van der Waals surface area contributed by atoms with Crippen molar-refractivity contribution in [2.24, 2.45) is 0 Å². The fraction of sp³-hybridized carbons (Fsp3) is 0.222. The van der Waals surface area contributed by atoms with Crippen LogP contribution in [0.4, 0.5) is 4.39 Å². The molecule has 0 aliphatic carbocycles. The molecule has 0 heterocycles. The summed E-state index contributed by atoms with van der Waals surface area (Å²) in [6.45, 7) is 0. The number of carbonyl (C=O) groups is 1. The highest BCUT2D eigenvalue weighted by Gasteiger charge is 2.07. The van der Waals surface area contributed by atoms with E-state index >= 15 is 0 Å². The van der Waals surface area contributed by atoms with Gasteiger partial charge >= 0.3 is 0 Å². The molecular formula is C9H8BrFO2. The summed E-state index contributed by atoms with van der Waals surface area (Å²) < 4.78 is 13.2. The van der Waals surface area contributed by atoms with E-state index < -0.39 is 6.10 Å². The van der Waals surface area contributed by atoms with Crippen molar-refractivity contribution in [3.63, 3.8) is 0 Å². The highest BCUT2D eigenvalue weighted by Crippen LogP contribution is 2.19. The van der Waals surface area contributed by atoms with Crippen LogP contribution < -0.4 is 0 Å². The summed E-state index contributed by atoms with van der Waals surface area (Å²) in [6.07, 6.45) is -0.373. The molecule has 1 aromatic carbocycles. The quantitative estimate of drug-likeness (QED) is 0.825. The zero-order chi connectivity index (χ0) is 9.84. The second kappa shape index (κ2) is 4.48. The van der Waals surface area contributed by atoms with Crippen LogP contribution in [0.1, 0.15) is 5.56 Å². The Morgan fingerprint density at radius 3 is 2.85 bits per heavy atom. The van der Waals surface area contributed by atoms with E-state index in [0.29, 0.717) is 16.3 Å². The van der Waals surface area contributed by atoms with Crippen molar-refractivity contribution in [2.75, 3.05) is 0 Å². The maximum Gasteiger partial charge on any atom is 0.148 e. The molecule has 13 heavy (non-hydrogen) atoms. The van der Waals surface area contributed by atoms with Crippen LogP contribution >= 0.6 is 15.9 Å². The minimum absolute atomic E-state index is 0.199. The lowest BCUT2D eigenvalue weighted by Gasteiger charge is -2.05. The summed E-state index contributed by atoms with van der Waals surface area (Å²) in [4.78, 5) is 10.1. The topological polar surface area (TPSA) is 37.3 Å². The van der Waals surface area contributed by atoms with Gasteiger partial charge in [-0.1, -0.05) is 22.0 Å². The third kappa shape index (κ3) is 2.90. The van der Waals surface area contributed by atoms with Crippen molar-refractivity contribution in [3.05, 3.63) is 34.1 Å². The molecule has 0 radical (unpaired) electrons. The second-order valence-corrected chi connectivity index (χ2v) is 3.50. The molecule has 1 aromatic rings.